The van der Waals surface area contributed by atoms with Gasteiger partial charge in [-0.2, -0.15) is 0 Å². The molecule has 2 aromatic carbocycles. The Morgan fingerprint density at radius 2 is 2.00 bits per heavy atom. The summed E-state index contributed by atoms with van der Waals surface area (Å²) in [5.74, 6) is 0.316. The van der Waals surface area contributed by atoms with Gasteiger partial charge >= 0.3 is 0 Å². The molecule has 0 aliphatic rings. The molecular formula is C14H12BrClFNO. The molecule has 1 N–H and O–H groups in total. The summed E-state index contributed by atoms with van der Waals surface area (Å²) in [6.07, 6.45) is 0. The number of para-hydroxylation sites is 1. The molecule has 0 aliphatic heterocycles. The molecule has 0 spiro atoms. The van der Waals surface area contributed by atoms with Crippen molar-refractivity contribution in [3.05, 3.63) is 57.8 Å². The van der Waals surface area contributed by atoms with Crippen molar-refractivity contribution < 1.29 is 9.13 Å². The molecule has 0 amide bonds. The topological polar surface area (TPSA) is 21.3 Å². The van der Waals surface area contributed by atoms with E-state index in [-0.39, 0.29) is 5.82 Å². The van der Waals surface area contributed by atoms with Gasteiger partial charge in [0.1, 0.15) is 18.2 Å². The molecule has 0 aromatic heterocycles. The minimum Gasteiger partial charge on any atom is -0.491 e. The van der Waals surface area contributed by atoms with Gasteiger partial charge in [-0.25, -0.2) is 4.39 Å². The van der Waals surface area contributed by atoms with Gasteiger partial charge in [0.05, 0.1) is 15.2 Å². The average molecular weight is 345 g/mol. The van der Waals surface area contributed by atoms with Crippen molar-refractivity contribution in [2.45, 2.75) is 0 Å². The summed E-state index contributed by atoms with van der Waals surface area (Å²) in [5, 5.41) is 3.84. The SMILES string of the molecule is Fc1ccc(OCCNc2ccccc2Cl)c(Br)c1. The zero-order valence-electron chi connectivity index (χ0n) is 10.00. The molecule has 0 aliphatic carbocycles. The highest BCUT2D eigenvalue weighted by atomic mass is 79.9. The molecule has 2 rings (SSSR count). The van der Waals surface area contributed by atoms with E-state index in [1.54, 1.807) is 6.07 Å². The Hall–Kier alpha value is -1.26. The second kappa shape index (κ2) is 6.78. The third-order valence-corrected chi connectivity index (χ3v) is 3.39. The largest absolute Gasteiger partial charge is 0.491 e. The molecule has 0 unspecified atom stereocenters. The van der Waals surface area contributed by atoms with Gasteiger partial charge in [-0.15, -0.1) is 0 Å². The maximum Gasteiger partial charge on any atom is 0.133 e. The van der Waals surface area contributed by atoms with Gasteiger partial charge in [0, 0.05) is 6.54 Å². The maximum absolute atomic E-state index is 12.9. The van der Waals surface area contributed by atoms with Crippen molar-refractivity contribution in [1.82, 2.24) is 0 Å². The Balaban J connectivity index is 1.83. The Bertz CT molecular complexity index is 565. The molecule has 0 bridgehead atoms. The van der Waals surface area contributed by atoms with Crippen LogP contribution in [0.3, 0.4) is 0 Å². The predicted molar refractivity (Wildman–Crippen MR) is 79.5 cm³/mol. The van der Waals surface area contributed by atoms with Crippen LogP contribution in [0, 0.1) is 5.82 Å². The first kappa shape index (κ1) is 14.2. The first-order valence-electron chi connectivity index (χ1n) is 5.73. The van der Waals surface area contributed by atoms with Gasteiger partial charge in [-0.05, 0) is 46.3 Å². The first-order valence-corrected chi connectivity index (χ1v) is 6.90. The Kier molecular flexibility index (Phi) is 5.05. The molecular weight excluding hydrogens is 333 g/mol. The van der Waals surface area contributed by atoms with Crippen LogP contribution in [0.4, 0.5) is 10.1 Å². The van der Waals surface area contributed by atoms with E-state index >= 15 is 0 Å². The molecule has 0 saturated heterocycles. The van der Waals surface area contributed by atoms with E-state index in [2.05, 4.69) is 21.2 Å². The lowest BCUT2D eigenvalue weighted by Gasteiger charge is -2.10. The number of benzene rings is 2. The minimum atomic E-state index is -0.298. The highest BCUT2D eigenvalue weighted by Gasteiger charge is 2.02. The summed E-state index contributed by atoms with van der Waals surface area (Å²) in [5.41, 5.74) is 0.867. The van der Waals surface area contributed by atoms with Gasteiger partial charge in [-0.1, -0.05) is 23.7 Å². The van der Waals surface area contributed by atoms with Crippen LogP contribution in [0.5, 0.6) is 5.75 Å². The fourth-order valence-electron chi connectivity index (χ4n) is 1.54. The second-order valence-corrected chi connectivity index (χ2v) is 5.09. The number of anilines is 1. The first-order chi connectivity index (χ1) is 9.16. The predicted octanol–water partition coefficient (Wildman–Crippen LogP) is 4.73. The summed E-state index contributed by atoms with van der Waals surface area (Å²) in [6.45, 7) is 1.06. The monoisotopic (exact) mass is 343 g/mol. The van der Waals surface area contributed by atoms with Gasteiger partial charge in [0.15, 0.2) is 0 Å². The third-order valence-electron chi connectivity index (χ3n) is 2.44. The van der Waals surface area contributed by atoms with Crippen LogP contribution in [0.1, 0.15) is 0 Å². The molecule has 0 heterocycles. The highest BCUT2D eigenvalue weighted by Crippen LogP contribution is 2.25. The summed E-state index contributed by atoms with van der Waals surface area (Å²) in [6, 6.07) is 11.8. The van der Waals surface area contributed by atoms with E-state index in [0.717, 1.165) is 5.69 Å². The second-order valence-electron chi connectivity index (χ2n) is 3.83. The van der Waals surface area contributed by atoms with Crippen molar-refractivity contribution in [2.75, 3.05) is 18.5 Å². The van der Waals surface area contributed by atoms with E-state index < -0.39 is 0 Å². The zero-order chi connectivity index (χ0) is 13.7. The highest BCUT2D eigenvalue weighted by molar-refractivity contribution is 9.10. The zero-order valence-corrected chi connectivity index (χ0v) is 12.3. The van der Waals surface area contributed by atoms with Crippen LogP contribution in [-0.2, 0) is 0 Å². The average Bonchev–Trinajstić information content (AvgIpc) is 2.38. The molecule has 5 heteroatoms. The summed E-state index contributed by atoms with van der Waals surface area (Å²) >= 11 is 9.26. The van der Waals surface area contributed by atoms with Gasteiger partial charge in [0.25, 0.3) is 0 Å². The number of hydrogen-bond donors (Lipinski definition) is 1. The van der Waals surface area contributed by atoms with Crippen molar-refractivity contribution >= 4 is 33.2 Å². The Labute approximate surface area is 124 Å². The van der Waals surface area contributed by atoms with Crippen LogP contribution >= 0.6 is 27.5 Å². The lowest BCUT2D eigenvalue weighted by molar-refractivity contribution is 0.330. The van der Waals surface area contributed by atoms with Crippen molar-refractivity contribution in [2.24, 2.45) is 0 Å². The van der Waals surface area contributed by atoms with Gasteiger partial charge in [-0.3, -0.25) is 0 Å². The molecule has 0 fully saturated rings. The van der Waals surface area contributed by atoms with E-state index in [9.17, 15) is 4.39 Å². The summed E-state index contributed by atoms with van der Waals surface area (Å²) in [4.78, 5) is 0. The summed E-state index contributed by atoms with van der Waals surface area (Å²) in [7, 11) is 0. The lowest BCUT2D eigenvalue weighted by Crippen LogP contribution is -2.11. The van der Waals surface area contributed by atoms with E-state index in [1.807, 2.05) is 24.3 Å². The number of ether oxygens (including phenoxy) is 1. The van der Waals surface area contributed by atoms with Gasteiger partial charge in [0.2, 0.25) is 0 Å². The van der Waals surface area contributed by atoms with Crippen molar-refractivity contribution in [1.29, 1.82) is 0 Å². The fraction of sp³-hybridized carbons (Fsp3) is 0.143. The molecule has 0 atom stereocenters. The normalized spacial score (nSPS) is 10.3. The fourth-order valence-corrected chi connectivity index (χ4v) is 2.21. The van der Waals surface area contributed by atoms with E-state index in [0.29, 0.717) is 28.4 Å². The van der Waals surface area contributed by atoms with Crippen LogP contribution in [-0.4, -0.2) is 13.2 Å². The molecule has 100 valence electrons. The van der Waals surface area contributed by atoms with E-state index in [1.165, 1.54) is 12.1 Å². The summed E-state index contributed by atoms with van der Waals surface area (Å²) < 4.78 is 19.0. The Morgan fingerprint density at radius 3 is 2.74 bits per heavy atom. The van der Waals surface area contributed by atoms with Gasteiger partial charge < -0.3 is 10.1 Å². The number of nitrogens with one attached hydrogen (secondary N) is 1. The maximum atomic E-state index is 12.9. The third kappa shape index (κ3) is 4.11. The smallest absolute Gasteiger partial charge is 0.133 e. The molecule has 0 saturated carbocycles. The number of hydrogen-bond acceptors (Lipinski definition) is 2. The number of rotatable bonds is 5. The van der Waals surface area contributed by atoms with Crippen LogP contribution < -0.4 is 10.1 Å². The standard InChI is InChI=1S/C14H12BrClFNO/c15-11-9-10(17)5-6-14(11)19-8-7-18-13-4-2-1-3-12(13)16/h1-6,9,18H,7-8H2. The molecule has 2 nitrogen and oxygen atoms in total. The van der Waals surface area contributed by atoms with E-state index in [4.69, 9.17) is 16.3 Å². The molecule has 19 heavy (non-hydrogen) atoms. The van der Waals surface area contributed by atoms with Crippen molar-refractivity contribution in [3.8, 4) is 5.75 Å². The van der Waals surface area contributed by atoms with Crippen LogP contribution in [0.15, 0.2) is 46.9 Å². The minimum absolute atomic E-state index is 0.298. The van der Waals surface area contributed by atoms with Crippen molar-refractivity contribution in [3.63, 3.8) is 0 Å². The van der Waals surface area contributed by atoms with Crippen LogP contribution in [0.25, 0.3) is 0 Å². The molecule has 0 radical (unpaired) electrons. The lowest BCUT2D eigenvalue weighted by atomic mass is 10.3. The Morgan fingerprint density at radius 1 is 1.21 bits per heavy atom. The number of halogens is 3. The molecule has 2 aromatic rings. The quantitative estimate of drug-likeness (QED) is 0.792. The van der Waals surface area contributed by atoms with Crippen LogP contribution in [0.2, 0.25) is 5.02 Å².